The second-order valence-corrected chi connectivity index (χ2v) is 10.8. The highest BCUT2D eigenvalue weighted by atomic mass is 15.5. The molecule has 2 nitrogen and oxygen atoms in total. The van der Waals surface area contributed by atoms with E-state index in [0.717, 1.165) is 11.4 Å². The van der Waals surface area contributed by atoms with Gasteiger partial charge in [-0.1, -0.05) is 149 Å². The van der Waals surface area contributed by atoms with Gasteiger partial charge < -0.3 is 0 Å². The predicted molar refractivity (Wildman–Crippen MR) is 167 cm³/mol. The van der Waals surface area contributed by atoms with Crippen molar-refractivity contribution in [1.82, 2.24) is 5.43 Å². The second-order valence-electron chi connectivity index (χ2n) is 10.8. The lowest BCUT2D eigenvalue weighted by atomic mass is 9.99. The molecule has 1 aliphatic heterocycles. The molecule has 0 saturated carbocycles. The monoisotopic (exact) mass is 514 g/mol. The van der Waals surface area contributed by atoms with Crippen molar-refractivity contribution in [3.8, 4) is 11.1 Å². The molecular formula is C37H42N2. The molecule has 2 heteroatoms. The summed E-state index contributed by atoms with van der Waals surface area (Å²) in [6, 6.07) is 39.5. The van der Waals surface area contributed by atoms with Gasteiger partial charge in [0, 0.05) is 0 Å². The van der Waals surface area contributed by atoms with Gasteiger partial charge in [-0.05, 0) is 58.9 Å². The lowest BCUT2D eigenvalue weighted by Crippen LogP contribution is -2.33. The van der Waals surface area contributed by atoms with E-state index in [4.69, 9.17) is 0 Å². The maximum atomic E-state index is 3.71. The first-order chi connectivity index (χ1) is 19.3. The van der Waals surface area contributed by atoms with E-state index >= 15 is 0 Å². The van der Waals surface area contributed by atoms with Gasteiger partial charge in [-0.3, -0.25) is 10.4 Å². The summed E-state index contributed by atoms with van der Waals surface area (Å²) in [6.07, 6.45) is 14.5. The molecular weight excluding hydrogens is 472 g/mol. The highest BCUT2D eigenvalue weighted by Crippen LogP contribution is 2.35. The average molecular weight is 515 g/mol. The molecule has 0 fully saturated rings. The van der Waals surface area contributed by atoms with E-state index in [0.29, 0.717) is 0 Å². The molecule has 0 bridgehead atoms. The highest BCUT2D eigenvalue weighted by molar-refractivity contribution is 5.74. The number of nitrogens with zero attached hydrogens (tertiary/aromatic N) is 1. The van der Waals surface area contributed by atoms with Crippen LogP contribution in [-0.2, 0) is 6.42 Å². The summed E-state index contributed by atoms with van der Waals surface area (Å²) in [5.74, 6) is 0. The number of hydrogen-bond acceptors (Lipinski definition) is 2. The Kier molecular flexibility index (Phi) is 9.52. The first-order valence-electron chi connectivity index (χ1n) is 14.9. The minimum absolute atomic E-state index is 0.133. The van der Waals surface area contributed by atoms with Crippen molar-refractivity contribution in [1.29, 1.82) is 0 Å². The Bertz CT molecular complexity index is 1290. The summed E-state index contributed by atoms with van der Waals surface area (Å²) in [4.78, 5) is 0. The van der Waals surface area contributed by atoms with Gasteiger partial charge >= 0.3 is 0 Å². The smallest absolute Gasteiger partial charge is 0.0958 e. The molecule has 1 N–H and O–H groups in total. The molecule has 39 heavy (non-hydrogen) atoms. The zero-order chi connectivity index (χ0) is 26.7. The van der Waals surface area contributed by atoms with Gasteiger partial charge in [0.25, 0.3) is 0 Å². The summed E-state index contributed by atoms with van der Waals surface area (Å²) in [7, 11) is 0. The van der Waals surface area contributed by atoms with Gasteiger partial charge in [0.05, 0.1) is 17.4 Å². The molecule has 1 atom stereocenters. The predicted octanol–water partition coefficient (Wildman–Crippen LogP) is 10.1. The molecule has 0 amide bonds. The van der Waals surface area contributed by atoms with E-state index in [-0.39, 0.29) is 6.04 Å². The number of hydrazine groups is 1. The number of benzene rings is 4. The number of aryl methyl sites for hydroxylation is 1. The van der Waals surface area contributed by atoms with E-state index in [9.17, 15) is 0 Å². The summed E-state index contributed by atoms with van der Waals surface area (Å²) in [5.41, 5.74) is 12.5. The molecule has 0 spiro atoms. The lowest BCUT2D eigenvalue weighted by molar-refractivity contribution is 0.575. The SMILES string of the molecule is CCCCCCCCCCc1ccc(C2C=C(c3ccc(-c4ccccc4)cc3)NN2c2ccccc2)cc1. The molecule has 1 aliphatic rings. The fraction of sp³-hybridized carbons (Fsp3) is 0.297. The number of para-hydroxylation sites is 1. The summed E-state index contributed by atoms with van der Waals surface area (Å²) in [5, 5.41) is 2.29. The molecule has 200 valence electrons. The number of anilines is 1. The standard InChI is InChI=1S/C37H42N2/c1-2-3-4-5-6-7-8-11-16-30-21-23-34(24-22-30)37-29-36(38-39(37)35-19-14-10-15-20-35)33-27-25-32(26-28-33)31-17-12-9-13-18-31/h9-10,12-15,17-29,37-38H,2-8,11,16H2,1H3. The minimum Gasteiger partial charge on any atom is -0.297 e. The second kappa shape index (κ2) is 13.8. The summed E-state index contributed by atoms with van der Waals surface area (Å²) in [6.45, 7) is 2.29. The first kappa shape index (κ1) is 26.8. The van der Waals surface area contributed by atoms with Crippen molar-refractivity contribution in [3.05, 3.63) is 132 Å². The minimum atomic E-state index is 0.133. The van der Waals surface area contributed by atoms with Gasteiger partial charge in [-0.2, -0.15) is 0 Å². The van der Waals surface area contributed by atoms with Crippen LogP contribution in [0.2, 0.25) is 0 Å². The summed E-state index contributed by atoms with van der Waals surface area (Å²) < 4.78 is 0. The third kappa shape index (κ3) is 7.20. The fourth-order valence-corrected chi connectivity index (χ4v) is 5.51. The molecule has 4 aromatic carbocycles. The van der Waals surface area contributed by atoms with Crippen LogP contribution in [-0.4, -0.2) is 0 Å². The van der Waals surface area contributed by atoms with Crippen LogP contribution in [0.25, 0.3) is 16.8 Å². The van der Waals surface area contributed by atoms with Gasteiger partial charge in [-0.25, -0.2) is 0 Å². The number of rotatable bonds is 13. The third-order valence-electron chi connectivity index (χ3n) is 7.82. The lowest BCUT2D eigenvalue weighted by Gasteiger charge is -2.27. The van der Waals surface area contributed by atoms with Crippen LogP contribution >= 0.6 is 0 Å². The quantitative estimate of drug-likeness (QED) is 0.179. The first-order valence-corrected chi connectivity index (χ1v) is 14.9. The highest BCUT2D eigenvalue weighted by Gasteiger charge is 2.27. The molecule has 1 unspecified atom stereocenters. The topological polar surface area (TPSA) is 15.3 Å². The Hall–Kier alpha value is -3.78. The van der Waals surface area contributed by atoms with E-state index in [2.05, 4.69) is 133 Å². The van der Waals surface area contributed by atoms with Crippen molar-refractivity contribution in [2.45, 2.75) is 70.8 Å². The van der Waals surface area contributed by atoms with Crippen LogP contribution in [0, 0.1) is 0 Å². The number of nitrogens with one attached hydrogen (secondary N) is 1. The Balaban J connectivity index is 1.26. The summed E-state index contributed by atoms with van der Waals surface area (Å²) >= 11 is 0. The van der Waals surface area contributed by atoms with Crippen molar-refractivity contribution in [2.75, 3.05) is 5.01 Å². The molecule has 0 radical (unpaired) electrons. The van der Waals surface area contributed by atoms with E-state index in [1.54, 1.807) is 0 Å². The molecule has 0 saturated heterocycles. The van der Waals surface area contributed by atoms with Crippen molar-refractivity contribution in [3.63, 3.8) is 0 Å². The van der Waals surface area contributed by atoms with Crippen LogP contribution in [0.15, 0.2) is 115 Å². The Morgan fingerprint density at radius 3 is 1.79 bits per heavy atom. The number of hydrogen-bond donors (Lipinski definition) is 1. The molecule has 0 aliphatic carbocycles. The Morgan fingerprint density at radius 2 is 1.13 bits per heavy atom. The van der Waals surface area contributed by atoms with Crippen LogP contribution in [0.3, 0.4) is 0 Å². The maximum absolute atomic E-state index is 3.71. The largest absolute Gasteiger partial charge is 0.297 e. The third-order valence-corrected chi connectivity index (χ3v) is 7.82. The molecule has 1 heterocycles. The van der Waals surface area contributed by atoms with Gasteiger partial charge in [-0.15, -0.1) is 0 Å². The molecule has 0 aromatic heterocycles. The van der Waals surface area contributed by atoms with Crippen molar-refractivity contribution in [2.24, 2.45) is 0 Å². The Labute approximate surface area is 235 Å². The van der Waals surface area contributed by atoms with Crippen LogP contribution in [0.5, 0.6) is 0 Å². The van der Waals surface area contributed by atoms with E-state index < -0.39 is 0 Å². The van der Waals surface area contributed by atoms with Crippen molar-refractivity contribution >= 4 is 11.4 Å². The zero-order valence-electron chi connectivity index (χ0n) is 23.4. The van der Waals surface area contributed by atoms with Crippen molar-refractivity contribution < 1.29 is 0 Å². The number of unbranched alkanes of at least 4 members (excludes halogenated alkanes) is 7. The van der Waals surface area contributed by atoms with Crippen LogP contribution in [0.1, 0.15) is 81.0 Å². The normalized spacial score (nSPS) is 14.7. The zero-order valence-corrected chi connectivity index (χ0v) is 23.4. The fourth-order valence-electron chi connectivity index (χ4n) is 5.51. The molecule has 4 aromatic rings. The van der Waals surface area contributed by atoms with Gasteiger partial charge in [0.2, 0.25) is 0 Å². The van der Waals surface area contributed by atoms with E-state index in [1.807, 2.05) is 0 Å². The van der Waals surface area contributed by atoms with Crippen LogP contribution in [0.4, 0.5) is 5.69 Å². The molecule has 5 rings (SSSR count). The van der Waals surface area contributed by atoms with E-state index in [1.165, 1.54) is 85.6 Å². The Morgan fingerprint density at radius 1 is 0.564 bits per heavy atom. The average Bonchev–Trinajstić information content (AvgIpc) is 3.45. The van der Waals surface area contributed by atoms with Gasteiger partial charge in [0.15, 0.2) is 0 Å². The maximum Gasteiger partial charge on any atom is 0.0958 e. The van der Waals surface area contributed by atoms with Gasteiger partial charge in [0.1, 0.15) is 0 Å². The van der Waals surface area contributed by atoms with Crippen LogP contribution < -0.4 is 10.4 Å².